The number of hydrogen-bond acceptors (Lipinski definition) is 3. The van der Waals surface area contributed by atoms with Crippen LogP contribution in [0.4, 0.5) is 5.82 Å². The Morgan fingerprint density at radius 1 is 1.26 bits per heavy atom. The van der Waals surface area contributed by atoms with E-state index in [-0.39, 0.29) is 0 Å². The van der Waals surface area contributed by atoms with E-state index in [2.05, 4.69) is 17.9 Å². The summed E-state index contributed by atoms with van der Waals surface area (Å²) in [5.74, 6) is 1.18. The molecule has 0 spiro atoms. The van der Waals surface area contributed by atoms with E-state index in [0.29, 0.717) is 12.6 Å². The smallest absolute Gasteiger partial charge is 0.133 e. The van der Waals surface area contributed by atoms with Crippen LogP contribution in [0, 0.1) is 0 Å². The minimum absolute atomic E-state index is 0.597. The molecule has 1 aliphatic carbocycles. The third kappa shape index (κ3) is 2.48. The first-order valence-corrected chi connectivity index (χ1v) is 7.78. The molecule has 1 aromatic rings. The second-order valence-electron chi connectivity index (χ2n) is 6.03. The van der Waals surface area contributed by atoms with Crippen molar-refractivity contribution >= 4 is 5.82 Å². The van der Waals surface area contributed by atoms with Gasteiger partial charge in [-0.05, 0) is 50.7 Å². The van der Waals surface area contributed by atoms with Gasteiger partial charge >= 0.3 is 0 Å². The molecule has 0 aromatic carbocycles. The van der Waals surface area contributed by atoms with Crippen molar-refractivity contribution in [2.75, 3.05) is 11.4 Å². The number of fused-ring (bicyclic) bond motifs is 1. The second-order valence-corrected chi connectivity index (χ2v) is 6.03. The highest BCUT2D eigenvalue weighted by Gasteiger charge is 2.23. The molecule has 0 amide bonds. The van der Waals surface area contributed by atoms with Crippen molar-refractivity contribution in [3.8, 4) is 0 Å². The Hall–Kier alpha value is -1.09. The molecule has 1 unspecified atom stereocenters. The molecular formula is C16H25N3. The molecule has 1 saturated heterocycles. The molecule has 0 bridgehead atoms. The molecular weight excluding hydrogens is 234 g/mol. The molecule has 104 valence electrons. The first kappa shape index (κ1) is 12.9. The quantitative estimate of drug-likeness (QED) is 0.888. The Morgan fingerprint density at radius 2 is 2.16 bits per heavy atom. The summed E-state index contributed by atoms with van der Waals surface area (Å²) < 4.78 is 0. The van der Waals surface area contributed by atoms with Crippen LogP contribution in [-0.2, 0) is 19.4 Å². The zero-order chi connectivity index (χ0) is 13.2. The van der Waals surface area contributed by atoms with Crippen LogP contribution in [0.2, 0.25) is 0 Å². The van der Waals surface area contributed by atoms with Crippen LogP contribution in [0.3, 0.4) is 0 Å². The molecule has 1 aromatic heterocycles. The van der Waals surface area contributed by atoms with Gasteiger partial charge in [0.05, 0.1) is 0 Å². The number of nitrogens with two attached hydrogens (primary N) is 1. The molecule has 3 heteroatoms. The fraction of sp³-hybridized carbons (Fsp3) is 0.688. The van der Waals surface area contributed by atoms with Gasteiger partial charge in [-0.2, -0.15) is 0 Å². The lowest BCUT2D eigenvalue weighted by Crippen LogP contribution is -2.34. The van der Waals surface area contributed by atoms with Gasteiger partial charge in [0, 0.05) is 30.4 Å². The highest BCUT2D eigenvalue weighted by Crippen LogP contribution is 2.30. The monoisotopic (exact) mass is 259 g/mol. The van der Waals surface area contributed by atoms with E-state index in [0.717, 1.165) is 13.0 Å². The van der Waals surface area contributed by atoms with Crippen molar-refractivity contribution in [2.24, 2.45) is 5.73 Å². The van der Waals surface area contributed by atoms with E-state index in [1.54, 1.807) is 0 Å². The fourth-order valence-corrected chi connectivity index (χ4v) is 3.50. The maximum absolute atomic E-state index is 5.97. The zero-order valence-corrected chi connectivity index (χ0v) is 12.0. The van der Waals surface area contributed by atoms with Gasteiger partial charge in [-0.25, -0.2) is 4.98 Å². The third-order valence-corrected chi connectivity index (χ3v) is 4.65. The Bertz CT molecular complexity index is 456. The summed E-state index contributed by atoms with van der Waals surface area (Å²) in [5.41, 5.74) is 9.97. The standard InChI is InChI=1S/C16H25N3/c1-12-6-3-2-4-9-19(12)16-14(11-17)10-13-7-5-8-15(13)18-16/h10,12H,2-9,11,17H2,1H3. The summed E-state index contributed by atoms with van der Waals surface area (Å²) >= 11 is 0. The Labute approximate surface area is 116 Å². The summed E-state index contributed by atoms with van der Waals surface area (Å²) in [5, 5.41) is 0. The van der Waals surface area contributed by atoms with E-state index >= 15 is 0 Å². The molecule has 19 heavy (non-hydrogen) atoms. The molecule has 1 fully saturated rings. The van der Waals surface area contributed by atoms with Crippen LogP contribution in [-0.4, -0.2) is 17.6 Å². The van der Waals surface area contributed by atoms with Gasteiger partial charge in [-0.1, -0.05) is 12.8 Å². The summed E-state index contributed by atoms with van der Waals surface area (Å²) in [6.45, 7) is 4.08. The fourth-order valence-electron chi connectivity index (χ4n) is 3.50. The van der Waals surface area contributed by atoms with Gasteiger partial charge in [-0.15, -0.1) is 0 Å². The van der Waals surface area contributed by atoms with E-state index in [9.17, 15) is 0 Å². The molecule has 2 aliphatic rings. The molecule has 0 saturated carbocycles. The molecule has 2 heterocycles. The van der Waals surface area contributed by atoms with Gasteiger partial charge in [0.1, 0.15) is 5.82 Å². The van der Waals surface area contributed by atoms with Crippen molar-refractivity contribution in [3.63, 3.8) is 0 Å². The largest absolute Gasteiger partial charge is 0.354 e. The zero-order valence-electron chi connectivity index (χ0n) is 12.0. The van der Waals surface area contributed by atoms with E-state index in [1.807, 2.05) is 0 Å². The van der Waals surface area contributed by atoms with Gasteiger partial charge in [-0.3, -0.25) is 0 Å². The topological polar surface area (TPSA) is 42.2 Å². The van der Waals surface area contributed by atoms with Crippen LogP contribution < -0.4 is 10.6 Å². The Kier molecular flexibility index (Phi) is 3.74. The van der Waals surface area contributed by atoms with E-state index in [4.69, 9.17) is 10.7 Å². The van der Waals surface area contributed by atoms with Crippen LogP contribution in [0.5, 0.6) is 0 Å². The maximum Gasteiger partial charge on any atom is 0.133 e. The molecule has 3 rings (SSSR count). The molecule has 0 radical (unpaired) electrons. The minimum atomic E-state index is 0.597. The van der Waals surface area contributed by atoms with E-state index < -0.39 is 0 Å². The number of nitrogens with zero attached hydrogens (tertiary/aromatic N) is 2. The summed E-state index contributed by atoms with van der Waals surface area (Å²) in [4.78, 5) is 7.49. The Balaban J connectivity index is 1.98. The van der Waals surface area contributed by atoms with E-state index in [1.165, 1.54) is 61.2 Å². The lowest BCUT2D eigenvalue weighted by molar-refractivity contribution is 0.608. The first-order valence-electron chi connectivity index (χ1n) is 7.78. The van der Waals surface area contributed by atoms with Gasteiger partial charge in [0.25, 0.3) is 0 Å². The van der Waals surface area contributed by atoms with Crippen LogP contribution in [0.1, 0.15) is 55.8 Å². The minimum Gasteiger partial charge on any atom is -0.354 e. The average Bonchev–Trinajstić information content (AvgIpc) is 2.78. The molecule has 2 N–H and O–H groups in total. The Morgan fingerprint density at radius 3 is 3.00 bits per heavy atom. The summed E-state index contributed by atoms with van der Waals surface area (Å²) in [6.07, 6.45) is 8.85. The van der Waals surface area contributed by atoms with Gasteiger partial charge < -0.3 is 10.6 Å². The molecule has 1 atom stereocenters. The highest BCUT2D eigenvalue weighted by atomic mass is 15.2. The van der Waals surface area contributed by atoms with Crippen molar-refractivity contribution in [3.05, 3.63) is 22.9 Å². The second kappa shape index (κ2) is 5.49. The summed E-state index contributed by atoms with van der Waals surface area (Å²) in [7, 11) is 0. The highest BCUT2D eigenvalue weighted by molar-refractivity contribution is 5.51. The normalized spacial score (nSPS) is 23.3. The predicted octanol–water partition coefficient (Wildman–Crippen LogP) is 2.80. The third-order valence-electron chi connectivity index (χ3n) is 4.65. The number of hydrogen-bond donors (Lipinski definition) is 1. The van der Waals surface area contributed by atoms with Crippen molar-refractivity contribution in [1.82, 2.24) is 4.98 Å². The average molecular weight is 259 g/mol. The first-order chi connectivity index (χ1) is 9.29. The maximum atomic E-state index is 5.97. The molecule has 3 nitrogen and oxygen atoms in total. The predicted molar refractivity (Wildman–Crippen MR) is 79.4 cm³/mol. The number of aromatic nitrogens is 1. The number of aryl methyl sites for hydroxylation is 2. The van der Waals surface area contributed by atoms with Gasteiger partial charge in [0.15, 0.2) is 0 Å². The van der Waals surface area contributed by atoms with Crippen LogP contribution >= 0.6 is 0 Å². The number of pyridine rings is 1. The van der Waals surface area contributed by atoms with Crippen molar-refractivity contribution in [1.29, 1.82) is 0 Å². The van der Waals surface area contributed by atoms with Crippen molar-refractivity contribution in [2.45, 2.75) is 64.5 Å². The van der Waals surface area contributed by atoms with Crippen LogP contribution in [0.15, 0.2) is 6.07 Å². The lowest BCUT2D eigenvalue weighted by Gasteiger charge is -2.30. The van der Waals surface area contributed by atoms with Crippen molar-refractivity contribution < 1.29 is 0 Å². The van der Waals surface area contributed by atoms with Crippen LogP contribution in [0.25, 0.3) is 0 Å². The lowest BCUT2D eigenvalue weighted by atomic mass is 10.1. The number of rotatable bonds is 2. The SMILES string of the molecule is CC1CCCCCN1c1nc2c(cc1CN)CCC2. The summed E-state index contributed by atoms with van der Waals surface area (Å²) in [6, 6.07) is 2.92. The number of anilines is 1. The molecule has 1 aliphatic heterocycles. The van der Waals surface area contributed by atoms with Gasteiger partial charge in [0.2, 0.25) is 0 Å².